The van der Waals surface area contributed by atoms with E-state index >= 15 is 0 Å². The summed E-state index contributed by atoms with van der Waals surface area (Å²) >= 11 is 0. The van der Waals surface area contributed by atoms with Crippen LogP contribution in [0.5, 0.6) is 0 Å². The Labute approximate surface area is 169 Å². The zero-order valence-corrected chi connectivity index (χ0v) is 16.1. The molecule has 9 nitrogen and oxygen atoms in total. The van der Waals surface area contributed by atoms with Crippen molar-refractivity contribution in [2.24, 2.45) is 4.40 Å². The molecule has 2 aliphatic heterocycles. The fraction of sp³-hybridized carbons (Fsp3) is 0.294. The monoisotopic (exact) mass is 444 g/mol. The molecule has 0 fully saturated rings. The number of hydrogen-bond donors (Lipinski definition) is 0. The molecule has 3 rings (SSSR count). The normalized spacial score (nSPS) is 17.6. The minimum atomic E-state index is -4.79. The number of nitrogens with zero attached hydrogens (tertiary/aromatic N) is 4. The molecule has 0 N–H and O–H groups in total. The van der Waals surface area contributed by atoms with Gasteiger partial charge in [0.25, 0.3) is 21.6 Å². The van der Waals surface area contributed by atoms with Crippen molar-refractivity contribution >= 4 is 27.5 Å². The number of nitro benzene ring substituents is 1. The highest BCUT2D eigenvalue weighted by molar-refractivity contribution is 7.90. The van der Waals surface area contributed by atoms with E-state index in [1.807, 2.05) is 0 Å². The molecule has 160 valence electrons. The topological polar surface area (TPSA) is 113 Å². The van der Waals surface area contributed by atoms with Crippen molar-refractivity contribution < 1.29 is 31.3 Å². The average Bonchev–Trinajstić information content (AvgIpc) is 2.65. The maximum Gasteiger partial charge on any atom is 0.406 e. The Morgan fingerprint density at radius 2 is 2.00 bits per heavy atom. The summed E-state index contributed by atoms with van der Waals surface area (Å²) in [4.78, 5) is 25.1. The van der Waals surface area contributed by atoms with E-state index in [0.29, 0.717) is 4.90 Å². The number of benzene rings is 1. The van der Waals surface area contributed by atoms with Gasteiger partial charge in [-0.05, 0) is 12.2 Å². The predicted molar refractivity (Wildman–Crippen MR) is 99.7 cm³/mol. The number of para-hydroxylation sites is 1. The molecule has 0 saturated heterocycles. The first-order chi connectivity index (χ1) is 14.0. The molecule has 0 atom stereocenters. The van der Waals surface area contributed by atoms with E-state index in [-0.39, 0.29) is 29.3 Å². The summed E-state index contributed by atoms with van der Waals surface area (Å²) in [7, 11) is -3.87. The number of halogens is 3. The van der Waals surface area contributed by atoms with E-state index in [9.17, 15) is 36.5 Å². The first-order valence-corrected chi connectivity index (χ1v) is 10.1. The Bertz CT molecular complexity index is 1080. The van der Waals surface area contributed by atoms with Crippen LogP contribution in [0.25, 0.3) is 0 Å². The van der Waals surface area contributed by atoms with Gasteiger partial charge in [-0.15, -0.1) is 4.40 Å². The largest absolute Gasteiger partial charge is 0.406 e. The fourth-order valence-electron chi connectivity index (χ4n) is 3.00. The van der Waals surface area contributed by atoms with Crippen LogP contribution in [0.15, 0.2) is 52.6 Å². The molecule has 1 aromatic rings. The van der Waals surface area contributed by atoms with Gasteiger partial charge in [-0.2, -0.15) is 13.2 Å². The standard InChI is InChI=1S/C17H15F3N4O5S/c18-17(19,20)11-23(10-12-4-1-2-6-14(12)24(26)27)16(25)13-5-3-7-22-8-9-30(28,29)21-15(13)22/h1-7H,8-11H2. The van der Waals surface area contributed by atoms with E-state index in [1.54, 1.807) is 0 Å². The maximum atomic E-state index is 13.2. The van der Waals surface area contributed by atoms with Gasteiger partial charge >= 0.3 is 6.18 Å². The van der Waals surface area contributed by atoms with Crippen molar-refractivity contribution in [2.45, 2.75) is 12.7 Å². The summed E-state index contributed by atoms with van der Waals surface area (Å²) in [5.74, 6) is -1.72. The molecule has 30 heavy (non-hydrogen) atoms. The summed E-state index contributed by atoms with van der Waals surface area (Å²) in [5, 5.41) is 11.2. The number of hydrogen-bond acceptors (Lipinski definition) is 6. The highest BCUT2D eigenvalue weighted by Crippen LogP contribution is 2.26. The smallest absolute Gasteiger partial charge is 0.331 e. The second-order valence-electron chi connectivity index (χ2n) is 6.48. The van der Waals surface area contributed by atoms with Crippen LogP contribution in [-0.4, -0.2) is 59.9 Å². The first kappa shape index (κ1) is 21.5. The molecule has 0 aliphatic carbocycles. The van der Waals surface area contributed by atoms with Crippen molar-refractivity contribution in [3.63, 3.8) is 0 Å². The Morgan fingerprint density at radius 3 is 2.67 bits per heavy atom. The molecule has 1 amide bonds. The number of amidine groups is 1. The van der Waals surface area contributed by atoms with Gasteiger partial charge < -0.3 is 9.80 Å². The fourth-order valence-corrected chi connectivity index (χ4v) is 3.98. The molecule has 1 aromatic carbocycles. The summed E-state index contributed by atoms with van der Waals surface area (Å²) < 4.78 is 66.7. The van der Waals surface area contributed by atoms with Gasteiger partial charge in [0.15, 0.2) is 5.84 Å². The minimum Gasteiger partial charge on any atom is -0.331 e. The average molecular weight is 444 g/mol. The van der Waals surface area contributed by atoms with Gasteiger partial charge in [0.1, 0.15) is 6.54 Å². The van der Waals surface area contributed by atoms with Crippen molar-refractivity contribution in [1.29, 1.82) is 0 Å². The molecule has 0 spiro atoms. The first-order valence-electron chi connectivity index (χ1n) is 8.53. The van der Waals surface area contributed by atoms with Gasteiger partial charge in [-0.25, -0.2) is 8.42 Å². The molecule has 0 bridgehead atoms. The quantitative estimate of drug-likeness (QED) is 0.507. The van der Waals surface area contributed by atoms with Crippen molar-refractivity contribution in [2.75, 3.05) is 18.8 Å². The molecule has 0 unspecified atom stereocenters. The third-order valence-electron chi connectivity index (χ3n) is 4.29. The summed E-state index contributed by atoms with van der Waals surface area (Å²) in [6, 6.07) is 5.12. The SMILES string of the molecule is O=C(C1=CC=CN2CCS(=O)(=O)N=C12)N(Cc1ccccc1[N+](=O)[O-])CC(F)(F)F. The number of sulfonamides is 1. The second kappa shape index (κ2) is 7.89. The number of carbonyl (C=O) groups excluding carboxylic acids is 1. The Kier molecular flexibility index (Phi) is 5.65. The van der Waals surface area contributed by atoms with E-state index in [1.165, 1.54) is 41.5 Å². The molecule has 2 aliphatic rings. The predicted octanol–water partition coefficient (Wildman–Crippen LogP) is 1.98. The van der Waals surface area contributed by atoms with Crippen molar-refractivity contribution in [1.82, 2.24) is 9.80 Å². The maximum absolute atomic E-state index is 13.2. The van der Waals surface area contributed by atoms with Crippen LogP contribution in [0, 0.1) is 10.1 Å². The summed E-state index contributed by atoms with van der Waals surface area (Å²) in [6.45, 7) is -2.39. The number of allylic oxidation sites excluding steroid dienone is 2. The lowest BCUT2D eigenvalue weighted by molar-refractivity contribution is -0.385. The van der Waals surface area contributed by atoms with Crippen LogP contribution in [0.4, 0.5) is 18.9 Å². The summed E-state index contributed by atoms with van der Waals surface area (Å²) in [6.07, 6.45) is -0.771. The highest BCUT2D eigenvalue weighted by Gasteiger charge is 2.38. The van der Waals surface area contributed by atoms with Crippen LogP contribution in [0.1, 0.15) is 5.56 Å². The highest BCUT2D eigenvalue weighted by atomic mass is 32.2. The zero-order valence-electron chi connectivity index (χ0n) is 15.2. The van der Waals surface area contributed by atoms with Crippen LogP contribution in [-0.2, 0) is 21.4 Å². The number of amides is 1. The molecular formula is C17H15F3N4O5S. The van der Waals surface area contributed by atoms with E-state index in [2.05, 4.69) is 4.40 Å². The van der Waals surface area contributed by atoms with E-state index < -0.39 is 45.8 Å². The Balaban J connectivity index is 1.99. The van der Waals surface area contributed by atoms with Gasteiger partial charge in [0, 0.05) is 24.4 Å². The lowest BCUT2D eigenvalue weighted by atomic mass is 10.1. The van der Waals surface area contributed by atoms with E-state index in [4.69, 9.17) is 0 Å². The number of carbonyl (C=O) groups is 1. The Morgan fingerprint density at radius 1 is 1.30 bits per heavy atom. The van der Waals surface area contributed by atoms with Crippen LogP contribution in [0.3, 0.4) is 0 Å². The third-order valence-corrected chi connectivity index (χ3v) is 5.44. The molecular weight excluding hydrogens is 429 g/mol. The van der Waals surface area contributed by atoms with Gasteiger partial charge in [0.05, 0.1) is 22.8 Å². The third kappa shape index (κ3) is 4.84. The van der Waals surface area contributed by atoms with Gasteiger partial charge in [-0.1, -0.05) is 18.2 Å². The molecule has 0 saturated carbocycles. The Hall–Kier alpha value is -3.22. The second-order valence-corrected chi connectivity index (χ2v) is 8.23. The van der Waals surface area contributed by atoms with Crippen LogP contribution >= 0.6 is 0 Å². The summed E-state index contributed by atoms with van der Waals surface area (Å²) in [5.41, 5.74) is -0.875. The molecule has 2 heterocycles. The molecule has 0 radical (unpaired) electrons. The molecule has 0 aromatic heterocycles. The number of fused-ring (bicyclic) bond motifs is 1. The number of rotatable bonds is 5. The van der Waals surface area contributed by atoms with Gasteiger partial charge in [0.2, 0.25) is 0 Å². The van der Waals surface area contributed by atoms with Crippen LogP contribution in [0.2, 0.25) is 0 Å². The van der Waals surface area contributed by atoms with Crippen molar-refractivity contribution in [3.8, 4) is 0 Å². The lowest BCUT2D eigenvalue weighted by Crippen LogP contribution is -2.45. The minimum absolute atomic E-state index is 0.00822. The number of nitro groups is 1. The number of alkyl halides is 3. The molecule has 13 heteroatoms. The van der Waals surface area contributed by atoms with Crippen molar-refractivity contribution in [3.05, 3.63) is 63.9 Å². The van der Waals surface area contributed by atoms with E-state index in [0.717, 1.165) is 6.07 Å². The van der Waals surface area contributed by atoms with Crippen LogP contribution < -0.4 is 0 Å². The lowest BCUT2D eigenvalue weighted by Gasteiger charge is -2.31. The zero-order chi connectivity index (χ0) is 22.1. The van der Waals surface area contributed by atoms with Gasteiger partial charge in [-0.3, -0.25) is 14.9 Å².